The number of benzene rings is 1. The van der Waals surface area contributed by atoms with Gasteiger partial charge in [0.1, 0.15) is 0 Å². The molecule has 1 heterocycles. The fourth-order valence-electron chi connectivity index (χ4n) is 1.65. The summed E-state index contributed by atoms with van der Waals surface area (Å²) in [5.41, 5.74) is 2.05. The third kappa shape index (κ3) is 2.37. The number of fused-ring (bicyclic) bond motifs is 1. The lowest BCUT2D eigenvalue weighted by Crippen LogP contribution is -2.09. The van der Waals surface area contributed by atoms with Crippen LogP contribution in [0.1, 0.15) is 6.42 Å². The van der Waals surface area contributed by atoms with Gasteiger partial charge in [-0.2, -0.15) is 0 Å². The Morgan fingerprint density at radius 3 is 3.00 bits per heavy atom. The molecule has 2 rings (SSSR count). The summed E-state index contributed by atoms with van der Waals surface area (Å²) in [5, 5.41) is 3.06. The van der Waals surface area contributed by atoms with Crippen molar-refractivity contribution in [3.63, 3.8) is 0 Å². The molecule has 0 unspecified atom stereocenters. The van der Waals surface area contributed by atoms with Crippen LogP contribution >= 0.6 is 0 Å². The summed E-state index contributed by atoms with van der Waals surface area (Å²) < 4.78 is 11.0. The van der Waals surface area contributed by atoms with Gasteiger partial charge in [0.15, 0.2) is 5.58 Å². The van der Waals surface area contributed by atoms with E-state index in [0.717, 1.165) is 11.2 Å². The summed E-state index contributed by atoms with van der Waals surface area (Å²) in [4.78, 5) is 22.2. The molecule has 0 aliphatic rings. The largest absolute Gasteiger partial charge is 0.469 e. The lowest BCUT2D eigenvalue weighted by molar-refractivity contribution is -0.140. The summed E-state index contributed by atoms with van der Waals surface area (Å²) in [7, 11) is 3.01. The highest BCUT2D eigenvalue weighted by Gasteiger charge is 2.06. The Morgan fingerprint density at radius 2 is 2.28 bits per heavy atom. The van der Waals surface area contributed by atoms with Gasteiger partial charge < -0.3 is 14.5 Å². The number of esters is 1. The van der Waals surface area contributed by atoms with Crippen molar-refractivity contribution in [2.45, 2.75) is 6.42 Å². The number of hydrogen-bond acceptors (Lipinski definition) is 5. The monoisotopic (exact) mass is 250 g/mol. The molecule has 0 fully saturated rings. The average molecular weight is 250 g/mol. The van der Waals surface area contributed by atoms with E-state index in [1.807, 2.05) is 6.07 Å². The first-order chi connectivity index (χ1) is 8.61. The van der Waals surface area contributed by atoms with Gasteiger partial charge in [-0.15, -0.1) is 0 Å². The first kappa shape index (κ1) is 12.2. The zero-order valence-corrected chi connectivity index (χ0v) is 10.2. The highest BCUT2D eigenvalue weighted by Crippen LogP contribution is 2.17. The van der Waals surface area contributed by atoms with E-state index in [0.29, 0.717) is 12.1 Å². The number of ether oxygens (including phenoxy) is 1. The molecule has 1 N–H and O–H groups in total. The van der Waals surface area contributed by atoms with Gasteiger partial charge in [0.25, 0.3) is 0 Å². The van der Waals surface area contributed by atoms with Crippen LogP contribution in [0.25, 0.3) is 11.1 Å². The number of rotatable bonds is 4. The number of aryl methyl sites for hydroxylation is 1. The molecule has 0 atom stereocenters. The van der Waals surface area contributed by atoms with Crippen LogP contribution in [0.3, 0.4) is 0 Å². The number of hydrogen-bond donors (Lipinski definition) is 1. The lowest BCUT2D eigenvalue weighted by atomic mass is 10.2. The number of anilines is 1. The first-order valence-corrected chi connectivity index (χ1v) is 5.52. The fraction of sp³-hybridized carbons (Fsp3) is 0.333. The number of methoxy groups -OCH3 is 1. The topological polar surface area (TPSA) is 73.5 Å². The van der Waals surface area contributed by atoms with Crippen LogP contribution in [0.15, 0.2) is 27.4 Å². The van der Waals surface area contributed by atoms with Crippen molar-refractivity contribution in [1.29, 1.82) is 0 Å². The second-order valence-electron chi connectivity index (χ2n) is 3.86. The van der Waals surface area contributed by atoms with Gasteiger partial charge in [-0.25, -0.2) is 4.79 Å². The molecule has 1 aromatic heterocycles. The van der Waals surface area contributed by atoms with Crippen LogP contribution in [-0.4, -0.2) is 24.2 Å². The van der Waals surface area contributed by atoms with Gasteiger partial charge in [-0.05, 0) is 12.1 Å². The van der Waals surface area contributed by atoms with Crippen LogP contribution in [0.2, 0.25) is 0 Å². The van der Waals surface area contributed by atoms with Crippen molar-refractivity contribution < 1.29 is 13.9 Å². The Morgan fingerprint density at radius 1 is 1.50 bits per heavy atom. The highest BCUT2D eigenvalue weighted by atomic mass is 16.5. The maximum atomic E-state index is 11.3. The molecule has 0 spiro atoms. The summed E-state index contributed by atoms with van der Waals surface area (Å²) in [6, 6.07) is 5.35. The Hall–Kier alpha value is -2.24. The molecule has 0 saturated carbocycles. The molecule has 0 radical (unpaired) electrons. The van der Waals surface area contributed by atoms with E-state index in [1.165, 1.54) is 11.7 Å². The molecule has 6 nitrogen and oxygen atoms in total. The van der Waals surface area contributed by atoms with Gasteiger partial charge in [-0.3, -0.25) is 9.36 Å². The Balaban J connectivity index is 2.11. The molecule has 0 bridgehead atoms. The smallest absolute Gasteiger partial charge is 0.419 e. The minimum absolute atomic E-state index is 0.269. The number of nitrogens with zero attached hydrogens (tertiary/aromatic N) is 1. The second-order valence-corrected chi connectivity index (χ2v) is 3.86. The van der Waals surface area contributed by atoms with Crippen molar-refractivity contribution in [3.8, 4) is 0 Å². The summed E-state index contributed by atoms with van der Waals surface area (Å²) in [5.74, 6) is -0.661. The number of carbonyl (C=O) groups excluding carboxylic acids is 1. The molecule has 18 heavy (non-hydrogen) atoms. The van der Waals surface area contributed by atoms with Crippen LogP contribution in [0.4, 0.5) is 5.69 Å². The van der Waals surface area contributed by atoms with Crippen molar-refractivity contribution >= 4 is 22.8 Å². The summed E-state index contributed by atoms with van der Waals surface area (Å²) >= 11 is 0. The number of aromatic nitrogens is 1. The van der Waals surface area contributed by atoms with Crippen molar-refractivity contribution in [1.82, 2.24) is 4.57 Å². The van der Waals surface area contributed by atoms with Crippen LogP contribution in [0, 0.1) is 0 Å². The Bertz CT molecular complexity index is 627. The molecular weight excluding hydrogens is 236 g/mol. The SMILES string of the molecule is COC(=O)CCNc1ccc2c(c1)oc(=O)n2C. The quantitative estimate of drug-likeness (QED) is 0.823. The summed E-state index contributed by atoms with van der Waals surface area (Å²) in [6.07, 6.45) is 0.285. The molecule has 2 aromatic rings. The van der Waals surface area contributed by atoms with Gasteiger partial charge in [-0.1, -0.05) is 0 Å². The number of oxazole rings is 1. The van der Waals surface area contributed by atoms with Crippen molar-refractivity contribution in [3.05, 3.63) is 28.7 Å². The Labute approximate surface area is 103 Å². The van der Waals surface area contributed by atoms with Gasteiger partial charge in [0, 0.05) is 25.3 Å². The van der Waals surface area contributed by atoms with Crippen LogP contribution < -0.4 is 11.1 Å². The third-order valence-electron chi connectivity index (χ3n) is 2.68. The Kier molecular flexibility index (Phi) is 3.36. The lowest BCUT2D eigenvalue weighted by Gasteiger charge is -2.05. The van der Waals surface area contributed by atoms with E-state index >= 15 is 0 Å². The fourth-order valence-corrected chi connectivity index (χ4v) is 1.65. The van der Waals surface area contributed by atoms with E-state index in [-0.39, 0.29) is 12.4 Å². The van der Waals surface area contributed by atoms with E-state index in [9.17, 15) is 9.59 Å². The highest BCUT2D eigenvalue weighted by molar-refractivity contribution is 5.77. The maximum Gasteiger partial charge on any atom is 0.419 e. The van der Waals surface area contributed by atoms with E-state index in [2.05, 4.69) is 10.1 Å². The number of nitrogens with one attached hydrogen (secondary N) is 1. The van der Waals surface area contributed by atoms with Crippen LogP contribution in [-0.2, 0) is 16.6 Å². The predicted octanol–water partition coefficient (Wildman–Crippen LogP) is 1.11. The molecule has 0 amide bonds. The van der Waals surface area contributed by atoms with E-state index in [4.69, 9.17) is 4.42 Å². The predicted molar refractivity (Wildman–Crippen MR) is 66.6 cm³/mol. The summed E-state index contributed by atoms with van der Waals surface area (Å²) in [6.45, 7) is 0.468. The van der Waals surface area contributed by atoms with Gasteiger partial charge in [0.05, 0.1) is 19.0 Å². The van der Waals surface area contributed by atoms with E-state index < -0.39 is 5.76 Å². The van der Waals surface area contributed by atoms with Crippen molar-refractivity contribution in [2.24, 2.45) is 7.05 Å². The third-order valence-corrected chi connectivity index (χ3v) is 2.68. The molecule has 0 aliphatic heterocycles. The standard InChI is InChI=1S/C12H14N2O4/c1-14-9-4-3-8(7-10(9)18-12(14)16)13-6-5-11(15)17-2/h3-4,7,13H,5-6H2,1-2H3. The normalized spacial score (nSPS) is 10.6. The molecular formula is C12H14N2O4. The zero-order valence-electron chi connectivity index (χ0n) is 10.2. The van der Waals surface area contributed by atoms with Crippen molar-refractivity contribution in [2.75, 3.05) is 19.0 Å². The number of carbonyl (C=O) groups is 1. The van der Waals surface area contributed by atoms with E-state index in [1.54, 1.807) is 19.2 Å². The zero-order chi connectivity index (χ0) is 13.1. The van der Waals surface area contributed by atoms with Gasteiger partial charge >= 0.3 is 11.7 Å². The molecule has 0 saturated heterocycles. The second kappa shape index (κ2) is 4.95. The minimum Gasteiger partial charge on any atom is -0.469 e. The molecule has 1 aromatic carbocycles. The molecule has 6 heteroatoms. The average Bonchev–Trinajstić information content (AvgIpc) is 2.64. The minimum atomic E-state index is -0.392. The van der Waals surface area contributed by atoms with Crippen LogP contribution in [0.5, 0.6) is 0 Å². The molecule has 96 valence electrons. The molecule has 0 aliphatic carbocycles. The maximum absolute atomic E-state index is 11.3. The first-order valence-electron chi connectivity index (χ1n) is 5.52. The van der Waals surface area contributed by atoms with Gasteiger partial charge in [0.2, 0.25) is 0 Å².